The number of rotatable bonds is 2. The molecule has 26 heavy (non-hydrogen) atoms. The van der Waals surface area contributed by atoms with Crippen molar-refractivity contribution < 1.29 is 37.3 Å². The minimum atomic E-state index is 0. The normalized spacial score (nSPS) is 10.1. The van der Waals surface area contributed by atoms with E-state index in [1.807, 2.05) is 42.2 Å². The van der Waals surface area contributed by atoms with Gasteiger partial charge in [-0.3, -0.25) is 4.57 Å². The van der Waals surface area contributed by atoms with E-state index in [2.05, 4.69) is 60.4 Å². The molecule has 1 heterocycles. The molecule has 0 aliphatic heterocycles. The Labute approximate surface area is 181 Å². The quantitative estimate of drug-likeness (QED) is 0.279. The molecule has 0 bridgehead atoms. The van der Waals surface area contributed by atoms with Gasteiger partial charge in [0.05, 0.1) is 7.05 Å². The molecule has 0 fully saturated rings. The van der Waals surface area contributed by atoms with Crippen molar-refractivity contribution in [1.82, 2.24) is 4.98 Å². The maximum atomic E-state index is 4.50. The second kappa shape index (κ2) is 8.70. The predicted octanol–water partition coefficient (Wildman–Crippen LogP) is 3.92. The third kappa shape index (κ3) is 3.79. The van der Waals surface area contributed by atoms with E-state index in [1.54, 1.807) is 0 Å². The molecule has 4 radical (unpaired) electrons. The van der Waals surface area contributed by atoms with E-state index in [1.165, 1.54) is 21.9 Å². The van der Waals surface area contributed by atoms with E-state index in [0.717, 1.165) is 17.0 Å². The van der Waals surface area contributed by atoms with Crippen LogP contribution in [0.15, 0.2) is 67.0 Å². The maximum absolute atomic E-state index is 4.50. The average Bonchev–Trinajstić information content (AvgIpc) is 2.64. The number of benzene rings is 3. The van der Waals surface area contributed by atoms with Gasteiger partial charge in [0.15, 0.2) is 0 Å². The van der Waals surface area contributed by atoms with Crippen molar-refractivity contribution in [3.05, 3.63) is 84.7 Å². The molecule has 122 valence electrons. The molecule has 4 rings (SSSR count). The van der Waals surface area contributed by atoms with Gasteiger partial charge < -0.3 is 0 Å². The third-order valence-electron chi connectivity index (χ3n) is 4.37. The molecule has 3 aromatic carbocycles. The van der Waals surface area contributed by atoms with E-state index in [0.29, 0.717) is 0 Å². The van der Waals surface area contributed by atoms with Gasteiger partial charge in [-0.2, -0.15) is 18.2 Å². The number of fused-ring (bicyclic) bond motifs is 1. The zero-order chi connectivity index (χ0) is 16.5. The summed E-state index contributed by atoms with van der Waals surface area (Å²) in [4.78, 5) is 4.50. The second-order valence-corrected chi connectivity index (χ2v) is 5.91. The topological polar surface area (TPSA) is 16.8 Å². The van der Waals surface area contributed by atoms with E-state index in [-0.39, 0.29) is 41.1 Å². The average molecular weight is 409 g/mol. The summed E-state index contributed by atoms with van der Waals surface area (Å²) in [6.07, 6.45) is 1.84. The van der Waals surface area contributed by atoms with Crippen molar-refractivity contribution in [1.29, 1.82) is 0 Å². The molecule has 0 aliphatic carbocycles. The first-order valence-electron chi connectivity index (χ1n) is 7.98. The molecule has 0 spiro atoms. The number of aromatic nitrogens is 2. The van der Waals surface area contributed by atoms with Crippen LogP contribution in [0.25, 0.3) is 33.3 Å². The maximum Gasteiger partial charge on any atom is 0.272 e. The first-order valence-corrected chi connectivity index (χ1v) is 7.98. The third-order valence-corrected chi connectivity index (χ3v) is 4.37. The van der Waals surface area contributed by atoms with E-state index >= 15 is 0 Å². The zero-order valence-corrected chi connectivity index (χ0v) is 17.7. The Morgan fingerprint density at radius 1 is 0.962 bits per heavy atom. The smallest absolute Gasteiger partial charge is 0.257 e. The number of aryl methyl sites for hydroxylation is 2. The molecule has 0 unspecified atom stereocenters. The van der Waals surface area contributed by atoms with Gasteiger partial charge in [0, 0.05) is 46.8 Å². The van der Waals surface area contributed by atoms with Crippen molar-refractivity contribution >= 4 is 19.2 Å². The van der Waals surface area contributed by atoms with Crippen molar-refractivity contribution in [2.24, 2.45) is 7.05 Å². The molecule has 0 N–H and O–H groups in total. The standard InChI is InChI=1S/C22H17N2.B.Y/c1-16-19-11-7-6-8-17(19)12-13-20(16)22-14-21(23-15-24(22)2)18-9-4-3-5-10-18;;/h3-9,11-13,15H,1-2H3;;/q-1;;. The Morgan fingerprint density at radius 2 is 1.73 bits per heavy atom. The summed E-state index contributed by atoms with van der Waals surface area (Å²) >= 11 is 0. The van der Waals surface area contributed by atoms with Crippen LogP contribution in [0.1, 0.15) is 5.56 Å². The van der Waals surface area contributed by atoms with Crippen LogP contribution in [-0.2, 0) is 39.8 Å². The fourth-order valence-electron chi connectivity index (χ4n) is 3.05. The molecule has 0 aliphatic rings. The van der Waals surface area contributed by atoms with Crippen molar-refractivity contribution in [3.8, 4) is 22.5 Å². The Balaban J connectivity index is 0.00000121. The van der Waals surface area contributed by atoms with Crippen molar-refractivity contribution in [2.75, 3.05) is 0 Å². The molecule has 0 amide bonds. The zero-order valence-electron chi connectivity index (χ0n) is 14.9. The molecular formula is C22H17BN2Y-. The van der Waals surface area contributed by atoms with Gasteiger partial charge >= 0.3 is 0 Å². The van der Waals surface area contributed by atoms with E-state index < -0.39 is 0 Å². The molecular weight excluding hydrogens is 392 g/mol. The Morgan fingerprint density at radius 3 is 2.50 bits per heavy atom. The number of hydrogen-bond donors (Lipinski definition) is 0. The number of hydrogen-bond acceptors (Lipinski definition) is 1. The molecule has 1 aromatic heterocycles. The summed E-state index contributed by atoms with van der Waals surface area (Å²) in [5.41, 5.74) is 5.24. The van der Waals surface area contributed by atoms with Crippen LogP contribution in [0.4, 0.5) is 0 Å². The Hall–Kier alpha value is -1.83. The van der Waals surface area contributed by atoms with Gasteiger partial charge in [-0.25, -0.2) is 11.6 Å². The first-order chi connectivity index (χ1) is 11.7. The Kier molecular flexibility index (Phi) is 6.86. The molecule has 0 atom stereocenters. The molecule has 0 saturated carbocycles. The first kappa shape index (κ1) is 20.5. The van der Waals surface area contributed by atoms with E-state index in [9.17, 15) is 0 Å². The van der Waals surface area contributed by atoms with Crippen molar-refractivity contribution in [2.45, 2.75) is 6.92 Å². The predicted molar refractivity (Wildman–Crippen MR) is 102 cm³/mol. The van der Waals surface area contributed by atoms with Gasteiger partial charge in [-0.15, -0.1) is 23.2 Å². The summed E-state index contributed by atoms with van der Waals surface area (Å²) in [5.74, 6) is 0. The Bertz CT molecular complexity index is 1030. The number of nitrogens with zero attached hydrogens (tertiary/aromatic N) is 2. The molecule has 4 aromatic rings. The van der Waals surface area contributed by atoms with Crippen molar-refractivity contribution in [3.63, 3.8) is 0 Å². The molecule has 0 saturated heterocycles. The van der Waals surface area contributed by atoms with Crippen LogP contribution < -0.4 is 4.57 Å². The van der Waals surface area contributed by atoms with Crippen LogP contribution in [0.3, 0.4) is 0 Å². The summed E-state index contributed by atoms with van der Waals surface area (Å²) in [7, 11) is 2.01. The van der Waals surface area contributed by atoms with Gasteiger partial charge in [0.25, 0.3) is 6.33 Å². The summed E-state index contributed by atoms with van der Waals surface area (Å²) in [6, 6.07) is 27.4. The van der Waals surface area contributed by atoms with Gasteiger partial charge in [0.1, 0.15) is 0 Å². The second-order valence-electron chi connectivity index (χ2n) is 5.91. The SMILES string of the molecule is Cc1c(-c2[c-]c(-c3[c-]cccc3)nc[n+]2C)ccc2ccccc12.[B].[Y]. The van der Waals surface area contributed by atoms with Crippen LogP contribution in [0, 0.1) is 19.1 Å². The fourth-order valence-corrected chi connectivity index (χ4v) is 3.05. The van der Waals surface area contributed by atoms with E-state index in [4.69, 9.17) is 0 Å². The van der Waals surface area contributed by atoms with Gasteiger partial charge in [-0.1, -0.05) is 41.5 Å². The minimum absolute atomic E-state index is 0. The van der Waals surface area contributed by atoms with Gasteiger partial charge in [-0.05, 0) is 23.4 Å². The monoisotopic (exact) mass is 409 g/mol. The van der Waals surface area contributed by atoms with Crippen LogP contribution in [0.5, 0.6) is 0 Å². The van der Waals surface area contributed by atoms with Crippen LogP contribution in [-0.4, -0.2) is 13.4 Å². The summed E-state index contributed by atoms with van der Waals surface area (Å²) in [6.45, 7) is 2.17. The van der Waals surface area contributed by atoms with Crippen LogP contribution >= 0.6 is 0 Å². The summed E-state index contributed by atoms with van der Waals surface area (Å²) < 4.78 is 2.02. The molecule has 4 heteroatoms. The summed E-state index contributed by atoms with van der Waals surface area (Å²) in [5, 5.41) is 2.53. The van der Waals surface area contributed by atoms with Gasteiger partial charge in [0.2, 0.25) is 0 Å². The largest absolute Gasteiger partial charge is 0.272 e. The molecule has 2 nitrogen and oxygen atoms in total. The minimum Gasteiger partial charge on any atom is -0.257 e. The fraction of sp³-hybridized carbons (Fsp3) is 0.0909. The van der Waals surface area contributed by atoms with Crippen LogP contribution in [0.2, 0.25) is 0 Å².